The first-order valence-electron chi connectivity index (χ1n) is 11.9. The number of ether oxygens (including phenoxy) is 1. The van der Waals surface area contributed by atoms with Gasteiger partial charge in [-0.1, -0.05) is 25.0 Å². The number of fused-ring (bicyclic) bond motifs is 1. The molecule has 0 unspecified atom stereocenters. The molecule has 7 heteroatoms. The number of esters is 1. The third-order valence-electron chi connectivity index (χ3n) is 7.24. The molecule has 2 aliphatic heterocycles. The summed E-state index contributed by atoms with van der Waals surface area (Å²) in [5.41, 5.74) is 3.06. The molecule has 3 amide bonds. The monoisotopic (exact) mass is 460 g/mol. The second-order valence-corrected chi connectivity index (χ2v) is 9.62. The number of benzene rings is 2. The summed E-state index contributed by atoms with van der Waals surface area (Å²) in [7, 11) is 0. The number of aryl methyl sites for hydroxylation is 2. The van der Waals surface area contributed by atoms with Crippen LogP contribution in [-0.4, -0.2) is 30.2 Å². The summed E-state index contributed by atoms with van der Waals surface area (Å²) in [6.45, 7) is 4.03. The van der Waals surface area contributed by atoms with Crippen molar-refractivity contribution in [2.24, 2.45) is 17.8 Å². The first kappa shape index (κ1) is 22.3. The number of amides is 3. The van der Waals surface area contributed by atoms with Crippen molar-refractivity contribution in [1.82, 2.24) is 0 Å². The summed E-state index contributed by atoms with van der Waals surface area (Å²) in [5.74, 6) is -1.46. The summed E-state index contributed by atoms with van der Waals surface area (Å²) >= 11 is 0. The first-order chi connectivity index (χ1) is 16.3. The van der Waals surface area contributed by atoms with Crippen molar-refractivity contribution < 1.29 is 23.9 Å². The van der Waals surface area contributed by atoms with Gasteiger partial charge in [0.25, 0.3) is 0 Å². The normalized spacial score (nSPS) is 24.5. The molecule has 0 spiro atoms. The second kappa shape index (κ2) is 8.70. The molecule has 3 fully saturated rings. The summed E-state index contributed by atoms with van der Waals surface area (Å²) < 4.78 is 5.60. The van der Waals surface area contributed by atoms with E-state index >= 15 is 0 Å². The van der Waals surface area contributed by atoms with Crippen LogP contribution in [0.5, 0.6) is 5.75 Å². The number of imide groups is 1. The van der Waals surface area contributed by atoms with Gasteiger partial charge in [0.05, 0.1) is 23.4 Å². The van der Waals surface area contributed by atoms with Gasteiger partial charge in [-0.25, -0.2) is 4.90 Å². The molecule has 3 atom stereocenters. The molecule has 0 bridgehead atoms. The second-order valence-electron chi connectivity index (χ2n) is 9.62. The highest BCUT2D eigenvalue weighted by Gasteiger charge is 2.49. The van der Waals surface area contributed by atoms with Gasteiger partial charge in [-0.3, -0.25) is 19.2 Å². The molecule has 7 nitrogen and oxygen atoms in total. The molecule has 176 valence electrons. The Balaban J connectivity index is 1.28. The van der Waals surface area contributed by atoms with Crippen molar-refractivity contribution in [1.29, 1.82) is 0 Å². The van der Waals surface area contributed by atoms with E-state index in [1.54, 1.807) is 30.0 Å². The third-order valence-corrected chi connectivity index (χ3v) is 7.24. The predicted molar refractivity (Wildman–Crippen MR) is 126 cm³/mol. The van der Waals surface area contributed by atoms with Crippen molar-refractivity contribution in [3.8, 4) is 5.75 Å². The van der Waals surface area contributed by atoms with Gasteiger partial charge in [-0.05, 0) is 68.1 Å². The maximum atomic E-state index is 12.9. The van der Waals surface area contributed by atoms with Crippen molar-refractivity contribution in [2.75, 3.05) is 16.3 Å². The molecular weight excluding hydrogens is 432 g/mol. The van der Waals surface area contributed by atoms with Gasteiger partial charge in [-0.15, -0.1) is 0 Å². The van der Waals surface area contributed by atoms with E-state index in [1.807, 2.05) is 31.2 Å². The smallest absolute Gasteiger partial charge is 0.316 e. The van der Waals surface area contributed by atoms with Gasteiger partial charge < -0.3 is 9.64 Å². The van der Waals surface area contributed by atoms with Crippen LogP contribution in [0.1, 0.15) is 43.2 Å². The van der Waals surface area contributed by atoms with Crippen molar-refractivity contribution in [3.05, 3.63) is 53.6 Å². The average molecular weight is 461 g/mol. The van der Waals surface area contributed by atoms with Crippen molar-refractivity contribution in [3.63, 3.8) is 0 Å². The van der Waals surface area contributed by atoms with Crippen LogP contribution in [0.15, 0.2) is 42.5 Å². The van der Waals surface area contributed by atoms with E-state index in [4.69, 9.17) is 4.74 Å². The van der Waals surface area contributed by atoms with Gasteiger partial charge in [0.1, 0.15) is 5.75 Å². The van der Waals surface area contributed by atoms with Crippen molar-refractivity contribution >= 4 is 35.1 Å². The van der Waals surface area contributed by atoms with Crippen LogP contribution in [0.2, 0.25) is 0 Å². The fourth-order valence-corrected chi connectivity index (χ4v) is 5.45. The Labute approximate surface area is 198 Å². The minimum Gasteiger partial charge on any atom is -0.426 e. The van der Waals surface area contributed by atoms with E-state index < -0.39 is 11.9 Å². The highest BCUT2D eigenvalue weighted by atomic mass is 16.5. The average Bonchev–Trinajstić information content (AvgIpc) is 3.32. The quantitative estimate of drug-likeness (QED) is 0.392. The van der Waals surface area contributed by atoms with E-state index in [-0.39, 0.29) is 42.5 Å². The molecule has 2 saturated heterocycles. The molecule has 2 aromatic rings. The summed E-state index contributed by atoms with van der Waals surface area (Å²) in [6.07, 6.45) is 3.59. The summed E-state index contributed by atoms with van der Waals surface area (Å²) in [6, 6.07) is 12.6. The van der Waals surface area contributed by atoms with E-state index in [9.17, 15) is 19.2 Å². The minimum atomic E-state index is -0.558. The van der Waals surface area contributed by atoms with Gasteiger partial charge in [-0.2, -0.15) is 0 Å². The highest BCUT2D eigenvalue weighted by Crippen LogP contribution is 2.41. The van der Waals surface area contributed by atoms with Crippen molar-refractivity contribution in [2.45, 2.75) is 46.0 Å². The SMILES string of the molecule is Cc1cccc(N2C[C@H](C(=O)Oc3ccc(N4C(=O)[C@@H]5CCCC[C@H]5C4=O)c(C)c3)CC2=O)c1. The van der Waals surface area contributed by atoms with Crippen LogP contribution in [0.4, 0.5) is 11.4 Å². The molecule has 34 heavy (non-hydrogen) atoms. The number of hydrogen-bond donors (Lipinski definition) is 0. The molecule has 3 aliphatic rings. The lowest BCUT2D eigenvalue weighted by Gasteiger charge is -2.19. The Morgan fingerprint density at radius 2 is 1.65 bits per heavy atom. The molecule has 1 saturated carbocycles. The standard InChI is InChI=1S/C27H28N2O5/c1-16-6-5-7-19(12-16)28-15-18(14-24(28)30)27(33)34-20-10-11-23(17(2)13-20)29-25(31)21-8-3-4-9-22(21)26(29)32/h5-7,10-13,18,21-22H,3-4,8-9,14-15H2,1-2H3/t18-,21-,22-/m1/s1. The zero-order chi connectivity index (χ0) is 24.0. The maximum Gasteiger partial charge on any atom is 0.316 e. The molecule has 2 heterocycles. The summed E-state index contributed by atoms with van der Waals surface area (Å²) in [4.78, 5) is 54.1. The molecule has 0 aromatic heterocycles. The zero-order valence-corrected chi connectivity index (χ0v) is 19.5. The zero-order valence-electron chi connectivity index (χ0n) is 19.5. The minimum absolute atomic E-state index is 0.101. The number of hydrogen-bond acceptors (Lipinski definition) is 5. The van der Waals surface area contributed by atoms with Crippen LogP contribution < -0.4 is 14.5 Å². The Hall–Kier alpha value is -3.48. The number of nitrogens with zero attached hydrogens (tertiary/aromatic N) is 2. The number of carbonyl (C=O) groups is 4. The Morgan fingerprint density at radius 1 is 0.941 bits per heavy atom. The van der Waals surface area contributed by atoms with E-state index in [0.717, 1.165) is 36.9 Å². The van der Waals surface area contributed by atoms with Crippen LogP contribution in [0.3, 0.4) is 0 Å². The molecular formula is C27H28N2O5. The molecule has 5 rings (SSSR count). The lowest BCUT2D eigenvalue weighted by atomic mass is 9.81. The largest absolute Gasteiger partial charge is 0.426 e. The molecule has 0 radical (unpaired) electrons. The highest BCUT2D eigenvalue weighted by molar-refractivity contribution is 6.22. The number of rotatable bonds is 4. The van der Waals surface area contributed by atoms with Gasteiger partial charge in [0, 0.05) is 18.7 Å². The van der Waals surface area contributed by atoms with E-state index in [0.29, 0.717) is 17.0 Å². The predicted octanol–water partition coefficient (Wildman–Crippen LogP) is 3.94. The lowest BCUT2D eigenvalue weighted by molar-refractivity contribution is -0.139. The Kier molecular flexibility index (Phi) is 5.71. The van der Waals surface area contributed by atoms with Gasteiger partial charge in [0.2, 0.25) is 17.7 Å². The maximum absolute atomic E-state index is 12.9. The molecule has 1 aliphatic carbocycles. The first-order valence-corrected chi connectivity index (χ1v) is 11.9. The van der Waals surface area contributed by atoms with Crippen LogP contribution in [0.25, 0.3) is 0 Å². The lowest BCUT2D eigenvalue weighted by Crippen LogP contribution is -2.31. The molecule has 0 N–H and O–H groups in total. The Bertz CT molecular complexity index is 1170. The third kappa shape index (κ3) is 3.89. The van der Waals surface area contributed by atoms with Crippen LogP contribution in [0, 0.1) is 31.6 Å². The Morgan fingerprint density at radius 3 is 2.29 bits per heavy atom. The topological polar surface area (TPSA) is 84.0 Å². The van der Waals surface area contributed by atoms with Gasteiger partial charge >= 0.3 is 5.97 Å². The van der Waals surface area contributed by atoms with Crippen LogP contribution in [-0.2, 0) is 19.2 Å². The fourth-order valence-electron chi connectivity index (χ4n) is 5.45. The number of anilines is 2. The molecule has 2 aromatic carbocycles. The number of carbonyl (C=O) groups excluding carboxylic acids is 4. The summed E-state index contributed by atoms with van der Waals surface area (Å²) in [5, 5.41) is 0. The van der Waals surface area contributed by atoms with E-state index in [1.165, 1.54) is 4.90 Å². The van der Waals surface area contributed by atoms with Gasteiger partial charge in [0.15, 0.2) is 0 Å². The fraction of sp³-hybridized carbons (Fsp3) is 0.407. The van der Waals surface area contributed by atoms with E-state index in [2.05, 4.69) is 0 Å². The van der Waals surface area contributed by atoms with Crippen LogP contribution >= 0.6 is 0 Å².